The molecule has 0 aliphatic heterocycles. The number of nitrogens with zero attached hydrogens (tertiary/aromatic N) is 2. The molecule has 0 atom stereocenters. The molecule has 1 radical (unpaired) electrons. The van der Waals surface area contributed by atoms with E-state index in [2.05, 4.69) is 21.8 Å². The highest BCUT2D eigenvalue weighted by atomic mass is 16.2. The van der Waals surface area contributed by atoms with Gasteiger partial charge < -0.3 is 17.2 Å². The summed E-state index contributed by atoms with van der Waals surface area (Å²) in [5.41, 5.74) is 14.0. The maximum atomic E-state index is 9.93. The van der Waals surface area contributed by atoms with Gasteiger partial charge >= 0.3 is 12.1 Å². The lowest BCUT2D eigenvalue weighted by Gasteiger charge is -1.91. The highest BCUT2D eigenvalue weighted by Crippen LogP contribution is 1.68. The van der Waals surface area contributed by atoms with E-state index in [0.29, 0.717) is 0 Å². The first-order valence-electron chi connectivity index (χ1n) is 2.17. The molecule has 0 bridgehead atoms. The molecule has 0 aromatic carbocycles. The number of guanidine groups is 1. The molecule has 0 saturated carbocycles. The summed E-state index contributed by atoms with van der Waals surface area (Å²) in [6, 6.07) is -2.05. The molecule has 0 heterocycles. The predicted octanol–water partition coefficient (Wildman–Crippen LogP) is -1.94. The lowest BCUT2D eigenvalue weighted by Crippen LogP contribution is -2.35. The van der Waals surface area contributed by atoms with Gasteiger partial charge in [-0.1, -0.05) is 0 Å². The number of primary amides is 2. The Hall–Kier alpha value is -1.79. The fraction of sp³-hybridized carbons (Fsp3) is 0. The maximum absolute atomic E-state index is 9.93. The Morgan fingerprint density at radius 3 is 1.80 bits per heavy atom. The number of amides is 4. The van der Waals surface area contributed by atoms with Gasteiger partial charge in [-0.25, -0.2) is 9.59 Å². The van der Waals surface area contributed by atoms with Crippen LogP contribution in [0.15, 0.2) is 4.99 Å². The van der Waals surface area contributed by atoms with E-state index >= 15 is 0 Å². The summed E-state index contributed by atoms with van der Waals surface area (Å²) in [5.74, 6) is -0.542. The Morgan fingerprint density at radius 1 is 1.00 bits per heavy atom. The van der Waals surface area contributed by atoms with Crippen LogP contribution >= 0.6 is 0 Å². The Balaban J connectivity index is 3.95. The zero-order valence-electron chi connectivity index (χ0n) is 4.94. The van der Waals surface area contributed by atoms with E-state index in [4.69, 9.17) is 5.73 Å². The predicted molar refractivity (Wildman–Crippen MR) is 32.9 cm³/mol. The fourth-order valence-electron chi connectivity index (χ4n) is 0.251. The first-order valence-corrected chi connectivity index (χ1v) is 2.17. The number of hydrogen-bond acceptors (Lipinski definition) is 2. The van der Waals surface area contributed by atoms with Gasteiger partial charge in [-0.15, -0.1) is 0 Å². The summed E-state index contributed by atoms with van der Waals surface area (Å²) in [6.07, 6.45) is 0. The Kier molecular flexibility index (Phi) is 2.69. The van der Waals surface area contributed by atoms with Crippen molar-refractivity contribution in [3.05, 3.63) is 0 Å². The van der Waals surface area contributed by atoms with Crippen LogP contribution in [0.2, 0.25) is 0 Å². The zero-order valence-corrected chi connectivity index (χ0v) is 4.94. The maximum Gasteiger partial charge on any atom is 0.341 e. The molecule has 6 N–H and O–H groups in total. The van der Waals surface area contributed by atoms with E-state index in [1.807, 2.05) is 0 Å². The second kappa shape index (κ2) is 3.28. The molecule has 0 rings (SSSR count). The first-order chi connectivity index (χ1) is 4.52. The van der Waals surface area contributed by atoms with Crippen molar-refractivity contribution >= 4 is 18.0 Å². The number of hydrogen-bond donors (Lipinski definition) is 3. The minimum atomic E-state index is -1.03. The SMILES string of the molecule is NC(=O)[N]/C(N)=N/C(N)=O. The van der Waals surface area contributed by atoms with Crippen molar-refractivity contribution in [2.45, 2.75) is 0 Å². The molecule has 7 heteroatoms. The average Bonchev–Trinajstić information content (AvgIpc) is 1.58. The van der Waals surface area contributed by atoms with Crippen LogP contribution in [-0.2, 0) is 0 Å². The van der Waals surface area contributed by atoms with Crippen LogP contribution in [0.3, 0.4) is 0 Å². The smallest absolute Gasteiger partial charge is 0.341 e. The van der Waals surface area contributed by atoms with Crippen molar-refractivity contribution in [3.63, 3.8) is 0 Å². The highest BCUT2D eigenvalue weighted by molar-refractivity contribution is 5.99. The van der Waals surface area contributed by atoms with Crippen LogP contribution in [0.1, 0.15) is 0 Å². The fourth-order valence-corrected chi connectivity index (χ4v) is 0.251. The van der Waals surface area contributed by atoms with E-state index < -0.39 is 18.0 Å². The van der Waals surface area contributed by atoms with Crippen LogP contribution in [0.4, 0.5) is 9.59 Å². The molecular formula is C3H6N5O2. The molecule has 0 fully saturated rings. The third-order valence-corrected chi connectivity index (χ3v) is 0.449. The zero-order chi connectivity index (χ0) is 8.15. The molecule has 7 nitrogen and oxygen atoms in total. The third kappa shape index (κ3) is 4.37. The molecule has 0 unspecified atom stereocenters. The molecule has 0 aliphatic carbocycles. The highest BCUT2D eigenvalue weighted by Gasteiger charge is 1.99. The summed E-state index contributed by atoms with van der Waals surface area (Å²) in [7, 11) is 0. The molecule has 0 spiro atoms. The molecule has 0 saturated heterocycles. The van der Waals surface area contributed by atoms with Crippen molar-refractivity contribution in [1.29, 1.82) is 0 Å². The number of urea groups is 2. The van der Waals surface area contributed by atoms with Gasteiger partial charge in [0.2, 0.25) is 5.96 Å². The lowest BCUT2D eigenvalue weighted by atomic mass is 10.9. The van der Waals surface area contributed by atoms with Crippen molar-refractivity contribution in [1.82, 2.24) is 5.32 Å². The first kappa shape index (κ1) is 8.21. The van der Waals surface area contributed by atoms with Crippen LogP contribution in [0.5, 0.6) is 0 Å². The van der Waals surface area contributed by atoms with E-state index in [9.17, 15) is 9.59 Å². The van der Waals surface area contributed by atoms with Crippen LogP contribution in [-0.4, -0.2) is 18.0 Å². The standard InChI is InChI=1S/C3H6N5O2/c4-1(7-2(5)9)8-3(6)10/h(H2,5,9)(H4,4,6,8,10). The van der Waals surface area contributed by atoms with Crippen LogP contribution in [0, 0.1) is 0 Å². The summed E-state index contributed by atoms with van der Waals surface area (Å²) in [4.78, 5) is 22.8. The minimum Gasteiger partial charge on any atom is -0.368 e. The van der Waals surface area contributed by atoms with Crippen molar-refractivity contribution < 1.29 is 9.59 Å². The number of carbonyl (C=O) groups excluding carboxylic acids is 2. The van der Waals surface area contributed by atoms with Crippen molar-refractivity contribution in [2.24, 2.45) is 22.2 Å². The average molecular weight is 144 g/mol. The van der Waals surface area contributed by atoms with E-state index in [1.165, 1.54) is 0 Å². The van der Waals surface area contributed by atoms with E-state index in [-0.39, 0.29) is 0 Å². The molecule has 55 valence electrons. The summed E-state index contributed by atoms with van der Waals surface area (Å²) in [5, 5.41) is 2.88. The number of rotatable bonds is 0. The van der Waals surface area contributed by atoms with Gasteiger partial charge in [0.1, 0.15) is 0 Å². The quantitative estimate of drug-likeness (QED) is 0.269. The van der Waals surface area contributed by atoms with Crippen molar-refractivity contribution in [2.75, 3.05) is 0 Å². The Morgan fingerprint density at radius 2 is 1.50 bits per heavy atom. The van der Waals surface area contributed by atoms with Gasteiger partial charge in [-0.2, -0.15) is 10.3 Å². The summed E-state index contributed by atoms with van der Waals surface area (Å²) in [6.45, 7) is 0. The van der Waals surface area contributed by atoms with Gasteiger partial charge in [0, 0.05) is 0 Å². The Bertz CT molecular complexity index is 185. The lowest BCUT2D eigenvalue weighted by molar-refractivity contribution is 0.252. The van der Waals surface area contributed by atoms with Crippen LogP contribution in [0.25, 0.3) is 0 Å². The monoisotopic (exact) mass is 144 g/mol. The summed E-state index contributed by atoms with van der Waals surface area (Å²) < 4.78 is 0. The molecular weight excluding hydrogens is 138 g/mol. The molecule has 0 aromatic rings. The van der Waals surface area contributed by atoms with Gasteiger partial charge in [0.05, 0.1) is 0 Å². The summed E-state index contributed by atoms with van der Waals surface area (Å²) >= 11 is 0. The van der Waals surface area contributed by atoms with Gasteiger partial charge in [-0.3, -0.25) is 0 Å². The largest absolute Gasteiger partial charge is 0.368 e. The molecule has 4 amide bonds. The number of carbonyl (C=O) groups is 2. The van der Waals surface area contributed by atoms with Gasteiger partial charge in [-0.05, 0) is 0 Å². The second-order valence-corrected chi connectivity index (χ2v) is 1.26. The number of aliphatic imine (C=N–C) groups is 1. The number of nitrogens with two attached hydrogens (primary N) is 3. The van der Waals surface area contributed by atoms with E-state index in [0.717, 1.165) is 0 Å². The molecule has 10 heavy (non-hydrogen) atoms. The van der Waals surface area contributed by atoms with Crippen molar-refractivity contribution in [3.8, 4) is 0 Å². The van der Waals surface area contributed by atoms with Gasteiger partial charge in [0.15, 0.2) is 0 Å². The second-order valence-electron chi connectivity index (χ2n) is 1.26. The molecule has 0 aliphatic rings. The normalized spacial score (nSPS) is 10.6. The topological polar surface area (TPSA) is 139 Å². The van der Waals surface area contributed by atoms with Crippen LogP contribution < -0.4 is 22.5 Å². The third-order valence-electron chi connectivity index (χ3n) is 0.449. The minimum absolute atomic E-state index is 0.542. The molecule has 0 aromatic heterocycles. The Labute approximate surface area is 56.3 Å². The van der Waals surface area contributed by atoms with Gasteiger partial charge in [0.25, 0.3) is 0 Å². The van der Waals surface area contributed by atoms with E-state index in [1.54, 1.807) is 0 Å².